The lowest BCUT2D eigenvalue weighted by Crippen LogP contribution is -2.00. The molecule has 1 aliphatic heterocycles. The fourth-order valence-corrected chi connectivity index (χ4v) is 3.23. The van der Waals surface area contributed by atoms with Crippen molar-refractivity contribution in [2.75, 3.05) is 12.4 Å². The Balaban J connectivity index is 1.77. The first-order valence-corrected chi connectivity index (χ1v) is 8.21. The largest absolute Gasteiger partial charge is 0.372 e. The zero-order valence-electron chi connectivity index (χ0n) is 11.9. The van der Waals surface area contributed by atoms with Crippen LogP contribution >= 0.6 is 11.8 Å². The molecule has 0 radical (unpaired) electrons. The van der Waals surface area contributed by atoms with Crippen molar-refractivity contribution < 1.29 is 4.74 Å². The Labute approximate surface area is 133 Å². The van der Waals surface area contributed by atoms with Crippen molar-refractivity contribution in [1.82, 2.24) is 14.8 Å². The van der Waals surface area contributed by atoms with Crippen molar-refractivity contribution >= 4 is 11.8 Å². The van der Waals surface area contributed by atoms with E-state index in [1.807, 2.05) is 36.4 Å². The molecule has 2 aromatic carbocycles. The summed E-state index contributed by atoms with van der Waals surface area (Å²) >= 11 is 1.69. The quantitative estimate of drug-likeness (QED) is 0.535. The van der Waals surface area contributed by atoms with Gasteiger partial charge in [0.05, 0.1) is 12.7 Å². The number of thioether (sulfide) groups is 1. The first-order valence-electron chi connectivity index (χ1n) is 7.22. The molecule has 0 spiro atoms. The van der Waals surface area contributed by atoms with E-state index in [1.54, 1.807) is 11.8 Å². The molecule has 110 valence electrons. The van der Waals surface area contributed by atoms with Crippen LogP contribution in [0.5, 0.6) is 0 Å². The summed E-state index contributed by atoms with van der Waals surface area (Å²) in [7, 11) is 0. The van der Waals surface area contributed by atoms with Gasteiger partial charge in [0.1, 0.15) is 0 Å². The summed E-state index contributed by atoms with van der Waals surface area (Å²) in [4.78, 5) is 0. The van der Waals surface area contributed by atoms with E-state index in [4.69, 9.17) is 4.74 Å². The summed E-state index contributed by atoms with van der Waals surface area (Å²) in [5.41, 5.74) is 2.14. The minimum absolute atomic E-state index is 0.367. The van der Waals surface area contributed by atoms with Crippen LogP contribution in [-0.2, 0) is 4.74 Å². The third-order valence-electron chi connectivity index (χ3n) is 3.48. The Morgan fingerprint density at radius 3 is 2.36 bits per heavy atom. The van der Waals surface area contributed by atoms with Crippen LogP contribution in [0.4, 0.5) is 0 Å². The zero-order chi connectivity index (χ0) is 14.8. The normalized spacial score (nSPS) is 16.6. The lowest BCUT2D eigenvalue weighted by Gasteiger charge is -2.09. The Kier molecular flexibility index (Phi) is 3.66. The average molecular weight is 309 g/mol. The molecule has 0 unspecified atom stereocenters. The van der Waals surface area contributed by atoms with Gasteiger partial charge < -0.3 is 4.74 Å². The highest BCUT2D eigenvalue weighted by Crippen LogP contribution is 2.29. The maximum absolute atomic E-state index is 5.29. The van der Waals surface area contributed by atoms with E-state index in [1.165, 1.54) is 0 Å². The molecule has 0 saturated carbocycles. The highest BCUT2D eigenvalue weighted by atomic mass is 32.2. The molecule has 0 bridgehead atoms. The Bertz CT molecular complexity index is 754. The SMILES string of the molecule is c1ccc(-c2nnc(SC[C@@H]3CO3)n2-c2ccccc2)cc1. The maximum atomic E-state index is 5.29. The number of hydrogen-bond donors (Lipinski definition) is 0. The van der Waals surface area contributed by atoms with Gasteiger partial charge in [0.2, 0.25) is 0 Å². The second-order valence-corrected chi connectivity index (χ2v) is 6.10. The second-order valence-electron chi connectivity index (χ2n) is 5.11. The van der Waals surface area contributed by atoms with Crippen LogP contribution in [0.3, 0.4) is 0 Å². The number of benzene rings is 2. The summed E-state index contributed by atoms with van der Waals surface area (Å²) in [6.45, 7) is 0.859. The first kappa shape index (κ1) is 13.5. The molecule has 2 heterocycles. The summed E-state index contributed by atoms with van der Waals surface area (Å²) < 4.78 is 7.40. The van der Waals surface area contributed by atoms with Gasteiger partial charge in [-0.1, -0.05) is 60.3 Å². The minimum atomic E-state index is 0.367. The van der Waals surface area contributed by atoms with Crippen molar-refractivity contribution in [3.05, 3.63) is 60.7 Å². The van der Waals surface area contributed by atoms with E-state index < -0.39 is 0 Å². The Morgan fingerprint density at radius 2 is 1.68 bits per heavy atom. The fraction of sp³-hybridized carbons (Fsp3) is 0.176. The molecule has 1 aliphatic rings. The summed E-state index contributed by atoms with van der Waals surface area (Å²) in [5, 5.41) is 9.70. The van der Waals surface area contributed by atoms with Gasteiger partial charge in [-0.15, -0.1) is 10.2 Å². The van der Waals surface area contributed by atoms with Crippen molar-refractivity contribution in [2.45, 2.75) is 11.3 Å². The van der Waals surface area contributed by atoms with Gasteiger partial charge in [0, 0.05) is 17.0 Å². The predicted octanol–water partition coefficient (Wildman–Crippen LogP) is 3.43. The smallest absolute Gasteiger partial charge is 0.196 e. The van der Waals surface area contributed by atoms with E-state index in [2.05, 4.69) is 39.0 Å². The monoisotopic (exact) mass is 309 g/mol. The topological polar surface area (TPSA) is 43.2 Å². The minimum Gasteiger partial charge on any atom is -0.372 e. The first-order chi connectivity index (χ1) is 10.9. The number of para-hydroxylation sites is 1. The van der Waals surface area contributed by atoms with Gasteiger partial charge in [0.25, 0.3) is 0 Å². The van der Waals surface area contributed by atoms with Gasteiger partial charge >= 0.3 is 0 Å². The van der Waals surface area contributed by atoms with Gasteiger partial charge in [-0.25, -0.2) is 0 Å². The molecule has 0 N–H and O–H groups in total. The van der Waals surface area contributed by atoms with Crippen LogP contribution < -0.4 is 0 Å². The Morgan fingerprint density at radius 1 is 1.00 bits per heavy atom. The third kappa shape index (κ3) is 2.77. The van der Waals surface area contributed by atoms with E-state index in [0.717, 1.165) is 34.6 Å². The van der Waals surface area contributed by atoms with E-state index in [0.29, 0.717) is 6.10 Å². The second kappa shape index (κ2) is 5.94. The zero-order valence-corrected chi connectivity index (χ0v) is 12.7. The number of rotatable bonds is 5. The van der Waals surface area contributed by atoms with Crippen LogP contribution in [0, 0.1) is 0 Å². The molecule has 0 amide bonds. The average Bonchev–Trinajstić information content (AvgIpc) is 3.32. The number of hydrogen-bond acceptors (Lipinski definition) is 4. The van der Waals surface area contributed by atoms with Gasteiger partial charge in [-0.2, -0.15) is 0 Å². The van der Waals surface area contributed by atoms with Crippen molar-refractivity contribution in [2.24, 2.45) is 0 Å². The highest BCUT2D eigenvalue weighted by Gasteiger charge is 2.24. The van der Waals surface area contributed by atoms with Crippen molar-refractivity contribution in [3.63, 3.8) is 0 Å². The van der Waals surface area contributed by atoms with Crippen molar-refractivity contribution in [1.29, 1.82) is 0 Å². The van der Waals surface area contributed by atoms with E-state index in [-0.39, 0.29) is 0 Å². The summed E-state index contributed by atoms with van der Waals surface area (Å²) in [5.74, 6) is 1.78. The molecule has 4 rings (SSSR count). The van der Waals surface area contributed by atoms with Gasteiger partial charge in [0.15, 0.2) is 11.0 Å². The summed E-state index contributed by atoms with van der Waals surface area (Å²) in [6, 6.07) is 20.4. The molecule has 1 aromatic heterocycles. The van der Waals surface area contributed by atoms with Crippen LogP contribution in [0.2, 0.25) is 0 Å². The molecule has 1 fully saturated rings. The lowest BCUT2D eigenvalue weighted by atomic mass is 10.2. The van der Waals surface area contributed by atoms with Crippen LogP contribution in [0.15, 0.2) is 65.8 Å². The van der Waals surface area contributed by atoms with Gasteiger partial charge in [-0.05, 0) is 12.1 Å². The molecular formula is C17H15N3OS. The molecule has 3 aromatic rings. The van der Waals surface area contributed by atoms with Crippen molar-refractivity contribution in [3.8, 4) is 17.1 Å². The third-order valence-corrected chi connectivity index (χ3v) is 4.54. The molecule has 22 heavy (non-hydrogen) atoms. The molecule has 4 nitrogen and oxygen atoms in total. The maximum Gasteiger partial charge on any atom is 0.196 e. The number of epoxide rings is 1. The van der Waals surface area contributed by atoms with Crippen LogP contribution in [0.1, 0.15) is 0 Å². The fourth-order valence-electron chi connectivity index (χ4n) is 2.28. The molecular weight excluding hydrogens is 294 g/mol. The Hall–Kier alpha value is -2.11. The standard InChI is InChI=1S/C17H15N3OS/c1-3-7-13(8-4-1)16-18-19-17(22-12-15-11-21-15)20(16)14-9-5-2-6-10-14/h1-10,15H,11-12H2/t15-/m0/s1. The number of aromatic nitrogens is 3. The van der Waals surface area contributed by atoms with Gasteiger partial charge in [-0.3, -0.25) is 4.57 Å². The molecule has 5 heteroatoms. The highest BCUT2D eigenvalue weighted by molar-refractivity contribution is 7.99. The molecule has 1 saturated heterocycles. The molecule has 1 atom stereocenters. The number of ether oxygens (including phenoxy) is 1. The molecule has 0 aliphatic carbocycles. The lowest BCUT2D eigenvalue weighted by molar-refractivity contribution is 0.426. The van der Waals surface area contributed by atoms with Crippen LogP contribution in [-0.4, -0.2) is 33.2 Å². The number of nitrogens with zero attached hydrogens (tertiary/aromatic N) is 3. The van der Waals surface area contributed by atoms with Crippen LogP contribution in [0.25, 0.3) is 17.1 Å². The summed E-state index contributed by atoms with van der Waals surface area (Å²) in [6.07, 6.45) is 0.367. The van der Waals surface area contributed by atoms with E-state index >= 15 is 0 Å². The van der Waals surface area contributed by atoms with E-state index in [9.17, 15) is 0 Å². The predicted molar refractivity (Wildman–Crippen MR) is 87.3 cm³/mol.